The molecule has 1 fully saturated rings. The third-order valence-electron chi connectivity index (χ3n) is 4.29. The summed E-state index contributed by atoms with van der Waals surface area (Å²) in [6, 6.07) is 16.6. The molecule has 6 heteroatoms. The van der Waals surface area contributed by atoms with E-state index in [1.807, 2.05) is 36.4 Å². The summed E-state index contributed by atoms with van der Waals surface area (Å²) in [7, 11) is 0. The number of para-hydroxylation sites is 2. The summed E-state index contributed by atoms with van der Waals surface area (Å²) in [6.45, 7) is 2.69. The van der Waals surface area contributed by atoms with Crippen LogP contribution in [-0.4, -0.2) is 49.6 Å². The second kappa shape index (κ2) is 9.73. The van der Waals surface area contributed by atoms with Gasteiger partial charge in [0.1, 0.15) is 5.75 Å². The Kier molecular flexibility index (Phi) is 6.82. The molecule has 0 aromatic heterocycles. The number of hydrogen-bond donors (Lipinski definition) is 1. The van der Waals surface area contributed by atoms with Gasteiger partial charge >= 0.3 is 0 Å². The molecule has 27 heavy (non-hydrogen) atoms. The summed E-state index contributed by atoms with van der Waals surface area (Å²) < 4.78 is 10.9. The van der Waals surface area contributed by atoms with E-state index in [2.05, 4.69) is 5.32 Å². The molecular weight excluding hydrogens is 344 g/mol. The Labute approximate surface area is 159 Å². The van der Waals surface area contributed by atoms with Gasteiger partial charge in [-0.15, -0.1) is 0 Å². The molecule has 0 aliphatic carbocycles. The Morgan fingerprint density at radius 3 is 2.48 bits per heavy atom. The molecule has 0 radical (unpaired) electrons. The van der Waals surface area contributed by atoms with Crippen LogP contribution in [0.1, 0.15) is 23.2 Å². The van der Waals surface area contributed by atoms with Crippen LogP contribution in [0.5, 0.6) is 5.75 Å². The van der Waals surface area contributed by atoms with Crippen molar-refractivity contribution in [3.8, 4) is 5.75 Å². The monoisotopic (exact) mass is 368 g/mol. The molecule has 0 saturated carbocycles. The van der Waals surface area contributed by atoms with Crippen LogP contribution in [0.3, 0.4) is 0 Å². The molecule has 1 aliphatic heterocycles. The topological polar surface area (TPSA) is 67.9 Å². The molecule has 0 atom stereocenters. The number of carbonyl (C=O) groups excluding carboxylic acids is 2. The van der Waals surface area contributed by atoms with Gasteiger partial charge in [0, 0.05) is 19.5 Å². The Morgan fingerprint density at radius 1 is 1.00 bits per heavy atom. The van der Waals surface area contributed by atoms with Crippen molar-refractivity contribution in [2.45, 2.75) is 12.8 Å². The van der Waals surface area contributed by atoms with E-state index in [1.165, 1.54) is 0 Å². The molecule has 0 bridgehead atoms. The van der Waals surface area contributed by atoms with Gasteiger partial charge in [-0.3, -0.25) is 9.59 Å². The van der Waals surface area contributed by atoms with E-state index in [0.717, 1.165) is 5.75 Å². The Balaban J connectivity index is 1.51. The normalized spacial score (nSPS) is 13.9. The van der Waals surface area contributed by atoms with Crippen molar-refractivity contribution in [3.05, 3.63) is 60.2 Å². The summed E-state index contributed by atoms with van der Waals surface area (Å²) in [5, 5.41) is 2.86. The highest BCUT2D eigenvalue weighted by atomic mass is 16.5. The second-order valence-electron chi connectivity index (χ2n) is 6.26. The van der Waals surface area contributed by atoms with E-state index in [4.69, 9.17) is 9.47 Å². The number of amides is 2. The van der Waals surface area contributed by atoms with Gasteiger partial charge in [-0.2, -0.15) is 0 Å². The van der Waals surface area contributed by atoms with Crippen molar-refractivity contribution in [1.82, 2.24) is 4.90 Å². The van der Waals surface area contributed by atoms with Crippen molar-refractivity contribution < 1.29 is 19.1 Å². The maximum absolute atomic E-state index is 12.7. The number of benzene rings is 2. The number of nitrogens with zero attached hydrogens (tertiary/aromatic N) is 1. The molecule has 142 valence electrons. The zero-order valence-electron chi connectivity index (χ0n) is 15.2. The Hall–Kier alpha value is -2.86. The third-order valence-corrected chi connectivity index (χ3v) is 4.29. The van der Waals surface area contributed by atoms with Crippen molar-refractivity contribution in [2.24, 2.45) is 0 Å². The highest BCUT2D eigenvalue weighted by Crippen LogP contribution is 2.18. The van der Waals surface area contributed by atoms with Crippen molar-refractivity contribution in [3.63, 3.8) is 0 Å². The minimum Gasteiger partial charge on any atom is -0.494 e. The summed E-state index contributed by atoms with van der Waals surface area (Å²) in [4.78, 5) is 26.7. The lowest BCUT2D eigenvalue weighted by Crippen LogP contribution is -2.41. The highest BCUT2D eigenvalue weighted by Gasteiger charge is 2.21. The number of rotatable bonds is 7. The number of nitrogens with one attached hydrogen (secondary N) is 1. The van der Waals surface area contributed by atoms with Crippen LogP contribution in [0.25, 0.3) is 0 Å². The second-order valence-corrected chi connectivity index (χ2v) is 6.26. The molecule has 2 aromatic carbocycles. The van der Waals surface area contributed by atoms with Gasteiger partial charge in [0.15, 0.2) is 0 Å². The fraction of sp³-hybridized carbons (Fsp3) is 0.333. The number of ether oxygens (including phenoxy) is 2. The maximum Gasteiger partial charge on any atom is 0.256 e. The van der Waals surface area contributed by atoms with Crippen LogP contribution in [0.2, 0.25) is 0 Å². The standard InChI is InChI=1S/C21H24N2O4/c24-20(11-6-14-27-17-7-2-1-3-8-17)22-19-10-5-4-9-18(19)21(25)23-12-15-26-16-13-23/h1-5,7-10H,6,11-16H2,(H,22,24). The van der Waals surface area contributed by atoms with Crippen LogP contribution in [0.15, 0.2) is 54.6 Å². The van der Waals surface area contributed by atoms with Gasteiger partial charge in [0.25, 0.3) is 5.91 Å². The first-order valence-electron chi connectivity index (χ1n) is 9.18. The molecule has 0 spiro atoms. The van der Waals surface area contributed by atoms with Gasteiger partial charge in [-0.05, 0) is 30.7 Å². The molecule has 6 nitrogen and oxygen atoms in total. The first-order valence-corrected chi connectivity index (χ1v) is 9.18. The smallest absolute Gasteiger partial charge is 0.256 e. The van der Waals surface area contributed by atoms with Crippen LogP contribution in [0.4, 0.5) is 5.69 Å². The first kappa shape index (κ1) is 18.9. The van der Waals surface area contributed by atoms with E-state index in [-0.39, 0.29) is 11.8 Å². The summed E-state index contributed by atoms with van der Waals surface area (Å²) in [5.41, 5.74) is 1.05. The van der Waals surface area contributed by atoms with Crippen LogP contribution in [-0.2, 0) is 9.53 Å². The molecule has 1 heterocycles. The summed E-state index contributed by atoms with van der Waals surface area (Å²) in [5.74, 6) is 0.579. The van der Waals surface area contributed by atoms with Crippen molar-refractivity contribution in [2.75, 3.05) is 38.2 Å². The van der Waals surface area contributed by atoms with Crippen LogP contribution < -0.4 is 10.1 Å². The van der Waals surface area contributed by atoms with Crippen molar-refractivity contribution in [1.29, 1.82) is 0 Å². The third kappa shape index (κ3) is 5.56. The SMILES string of the molecule is O=C(CCCOc1ccccc1)Nc1ccccc1C(=O)N1CCOCC1. The van der Waals surface area contributed by atoms with Gasteiger partial charge < -0.3 is 19.7 Å². The molecule has 1 aliphatic rings. The molecule has 1 N–H and O–H groups in total. The minimum atomic E-state index is -0.131. The van der Waals surface area contributed by atoms with Crippen LogP contribution >= 0.6 is 0 Å². The lowest BCUT2D eigenvalue weighted by molar-refractivity contribution is -0.116. The van der Waals surface area contributed by atoms with E-state index in [0.29, 0.717) is 57.0 Å². The molecular formula is C21H24N2O4. The van der Waals surface area contributed by atoms with E-state index < -0.39 is 0 Å². The minimum absolute atomic E-state index is 0.0818. The van der Waals surface area contributed by atoms with Crippen molar-refractivity contribution >= 4 is 17.5 Å². The lowest BCUT2D eigenvalue weighted by atomic mass is 10.1. The Morgan fingerprint density at radius 2 is 1.70 bits per heavy atom. The quantitative estimate of drug-likeness (QED) is 0.763. The number of morpholine rings is 1. The number of anilines is 1. The lowest BCUT2D eigenvalue weighted by Gasteiger charge is -2.27. The molecule has 3 rings (SSSR count). The summed E-state index contributed by atoms with van der Waals surface area (Å²) in [6.07, 6.45) is 0.924. The number of carbonyl (C=O) groups is 2. The number of hydrogen-bond acceptors (Lipinski definition) is 4. The van der Waals surface area contributed by atoms with E-state index >= 15 is 0 Å². The van der Waals surface area contributed by atoms with Gasteiger partial charge in [0.2, 0.25) is 5.91 Å². The van der Waals surface area contributed by atoms with E-state index in [9.17, 15) is 9.59 Å². The molecule has 2 aromatic rings. The Bertz CT molecular complexity index is 758. The molecule has 2 amide bonds. The summed E-state index contributed by atoms with van der Waals surface area (Å²) >= 11 is 0. The highest BCUT2D eigenvalue weighted by molar-refractivity contribution is 6.03. The average molecular weight is 368 g/mol. The fourth-order valence-electron chi connectivity index (χ4n) is 2.87. The fourth-order valence-corrected chi connectivity index (χ4v) is 2.87. The van der Waals surface area contributed by atoms with Gasteiger partial charge in [-0.1, -0.05) is 30.3 Å². The van der Waals surface area contributed by atoms with E-state index in [1.54, 1.807) is 23.1 Å². The van der Waals surface area contributed by atoms with Crippen LogP contribution in [0, 0.1) is 0 Å². The predicted octanol–water partition coefficient (Wildman–Crippen LogP) is 2.96. The largest absolute Gasteiger partial charge is 0.494 e. The first-order chi connectivity index (χ1) is 13.2. The average Bonchev–Trinajstić information content (AvgIpc) is 2.72. The van der Waals surface area contributed by atoms with Gasteiger partial charge in [-0.25, -0.2) is 0 Å². The zero-order chi connectivity index (χ0) is 18.9. The molecule has 1 saturated heterocycles. The predicted molar refractivity (Wildman–Crippen MR) is 103 cm³/mol. The van der Waals surface area contributed by atoms with Gasteiger partial charge in [0.05, 0.1) is 31.1 Å². The molecule has 0 unspecified atom stereocenters. The zero-order valence-corrected chi connectivity index (χ0v) is 15.2. The maximum atomic E-state index is 12.7.